The fourth-order valence-electron chi connectivity index (χ4n) is 9.06. The molecule has 3 fully saturated rings. The third kappa shape index (κ3) is 6.19. The van der Waals surface area contributed by atoms with Crippen LogP contribution in [0, 0.1) is 23.2 Å². The molecule has 3 saturated heterocycles. The Hall–Kier alpha value is -2.97. The first-order valence-corrected chi connectivity index (χ1v) is 17.1. The third-order valence-electron chi connectivity index (χ3n) is 10.4. The number of anilines is 1. The van der Waals surface area contributed by atoms with Crippen molar-refractivity contribution in [2.45, 2.75) is 116 Å². The lowest BCUT2D eigenvalue weighted by molar-refractivity contribution is -0.160. The summed E-state index contributed by atoms with van der Waals surface area (Å²) in [7, 11) is 0. The van der Waals surface area contributed by atoms with Gasteiger partial charge in [-0.25, -0.2) is 0 Å². The Kier molecular flexibility index (Phi) is 10.3. The molecule has 46 heavy (non-hydrogen) atoms. The molecule has 4 rings (SSSR count). The molecular formula is C38H57N3O5. The highest BCUT2D eigenvalue weighted by Crippen LogP contribution is 2.65. The summed E-state index contributed by atoms with van der Waals surface area (Å²) in [6, 6.07) is 7.87. The van der Waals surface area contributed by atoms with Crippen LogP contribution >= 0.6 is 0 Å². The normalized spacial score (nSPS) is 27.9. The monoisotopic (exact) mass is 635 g/mol. The van der Waals surface area contributed by atoms with Gasteiger partial charge in [-0.1, -0.05) is 71.9 Å². The molecule has 8 heteroatoms. The second-order valence-electron chi connectivity index (χ2n) is 15.9. The zero-order chi connectivity index (χ0) is 34.2. The Morgan fingerprint density at radius 3 is 2.22 bits per heavy atom. The van der Waals surface area contributed by atoms with E-state index < -0.39 is 40.7 Å². The second kappa shape index (κ2) is 13.3. The SMILES string of the molecule is C=CCN(C(=O)[C@@H]1[C@H]2C(=O)N([C@@H](CO)CC(C)C)C(C(=O)N(CC=C)C(C)(C)CC(C)(C)C)C23CC[C@@]1(CC)O3)c1ccccc1. The molecule has 1 aromatic carbocycles. The molecule has 3 aliphatic rings. The molecule has 0 radical (unpaired) electrons. The topological polar surface area (TPSA) is 90.4 Å². The Bertz CT molecular complexity index is 1300. The maximum absolute atomic E-state index is 15.2. The van der Waals surface area contributed by atoms with Gasteiger partial charge in [0.2, 0.25) is 17.7 Å². The number of aliphatic hydroxyl groups is 1. The minimum Gasteiger partial charge on any atom is -0.394 e. The van der Waals surface area contributed by atoms with Gasteiger partial charge in [-0.15, -0.1) is 13.2 Å². The van der Waals surface area contributed by atoms with Gasteiger partial charge in [-0.2, -0.15) is 0 Å². The van der Waals surface area contributed by atoms with Gasteiger partial charge in [-0.3, -0.25) is 14.4 Å². The first-order valence-electron chi connectivity index (χ1n) is 17.1. The lowest BCUT2D eigenvalue weighted by Gasteiger charge is -2.46. The lowest BCUT2D eigenvalue weighted by atomic mass is 9.64. The van der Waals surface area contributed by atoms with Crippen LogP contribution in [0.3, 0.4) is 0 Å². The average Bonchev–Trinajstić information content (AvgIpc) is 3.59. The smallest absolute Gasteiger partial charge is 0.249 e. The summed E-state index contributed by atoms with van der Waals surface area (Å²) >= 11 is 0. The molecule has 6 atom stereocenters. The van der Waals surface area contributed by atoms with Gasteiger partial charge < -0.3 is 24.5 Å². The van der Waals surface area contributed by atoms with Crippen LogP contribution in [-0.4, -0.2) is 81.1 Å². The number of hydrogen-bond donors (Lipinski definition) is 1. The number of likely N-dealkylation sites (tertiary alicyclic amines) is 1. The molecule has 2 bridgehead atoms. The molecule has 3 aliphatic heterocycles. The molecule has 0 aliphatic carbocycles. The number of hydrogen-bond acceptors (Lipinski definition) is 5. The van der Waals surface area contributed by atoms with E-state index in [-0.39, 0.29) is 42.2 Å². The predicted octanol–water partition coefficient (Wildman–Crippen LogP) is 6.00. The van der Waals surface area contributed by atoms with Crippen LogP contribution in [0.4, 0.5) is 5.69 Å². The Morgan fingerprint density at radius 1 is 1.07 bits per heavy atom. The van der Waals surface area contributed by atoms with E-state index in [0.29, 0.717) is 32.2 Å². The van der Waals surface area contributed by atoms with Crippen LogP contribution in [0.1, 0.15) is 87.5 Å². The van der Waals surface area contributed by atoms with E-state index in [2.05, 4.69) is 47.8 Å². The number of amides is 3. The standard InChI is InChI=1S/C38H57N3O5/c1-11-21-39(27-17-15-14-16-18-27)32(43)29-30-33(44)41(28(24-42)23-26(4)5)31(38(30)20-19-37(29,13-3)46-38)34(45)40(22-12-2)36(9,10)25-35(6,7)8/h11-12,14-18,26,28-31,42H,1-2,13,19-25H2,3-10H3/t28-,29+,30+,31?,37-,38?/m1/s1. The van der Waals surface area contributed by atoms with Gasteiger partial charge >= 0.3 is 0 Å². The van der Waals surface area contributed by atoms with Crippen molar-refractivity contribution < 1.29 is 24.2 Å². The molecule has 2 unspecified atom stereocenters. The van der Waals surface area contributed by atoms with E-state index >= 15 is 4.79 Å². The van der Waals surface area contributed by atoms with E-state index in [9.17, 15) is 14.7 Å². The van der Waals surface area contributed by atoms with Crippen molar-refractivity contribution in [1.82, 2.24) is 9.80 Å². The summed E-state index contributed by atoms with van der Waals surface area (Å²) in [5.74, 6) is -2.15. The molecular weight excluding hydrogens is 578 g/mol. The Labute approximate surface area is 276 Å². The maximum atomic E-state index is 15.2. The lowest BCUT2D eigenvalue weighted by Crippen LogP contribution is -2.62. The number of nitrogens with zero attached hydrogens (tertiary/aromatic N) is 3. The summed E-state index contributed by atoms with van der Waals surface area (Å²) in [6.07, 6.45) is 6.26. The zero-order valence-corrected chi connectivity index (χ0v) is 29.4. The van der Waals surface area contributed by atoms with Crippen molar-refractivity contribution in [3.05, 3.63) is 55.6 Å². The first kappa shape index (κ1) is 35.9. The first-order chi connectivity index (χ1) is 21.5. The minimum absolute atomic E-state index is 0.0708. The molecule has 0 aromatic heterocycles. The summed E-state index contributed by atoms with van der Waals surface area (Å²) in [5, 5.41) is 10.8. The van der Waals surface area contributed by atoms with Gasteiger partial charge in [0.1, 0.15) is 11.6 Å². The van der Waals surface area contributed by atoms with Gasteiger partial charge in [-0.05, 0) is 69.4 Å². The van der Waals surface area contributed by atoms with Crippen LogP contribution in [0.2, 0.25) is 0 Å². The fourth-order valence-corrected chi connectivity index (χ4v) is 9.06. The molecule has 254 valence electrons. The Balaban J connectivity index is 1.90. The van der Waals surface area contributed by atoms with Gasteiger partial charge in [0.15, 0.2) is 0 Å². The van der Waals surface area contributed by atoms with Crippen LogP contribution in [-0.2, 0) is 19.1 Å². The van der Waals surface area contributed by atoms with Crippen LogP contribution in [0.15, 0.2) is 55.6 Å². The number of rotatable bonds is 14. The number of para-hydroxylation sites is 1. The van der Waals surface area contributed by atoms with Crippen molar-refractivity contribution in [3.8, 4) is 0 Å². The highest BCUT2D eigenvalue weighted by atomic mass is 16.5. The molecule has 1 spiro atoms. The summed E-state index contributed by atoms with van der Waals surface area (Å²) in [5.41, 5.74) is -1.99. The molecule has 3 heterocycles. The van der Waals surface area contributed by atoms with Gasteiger partial charge in [0.25, 0.3) is 0 Å². The van der Waals surface area contributed by atoms with E-state index in [1.54, 1.807) is 22.0 Å². The van der Waals surface area contributed by atoms with Crippen molar-refractivity contribution in [3.63, 3.8) is 0 Å². The van der Waals surface area contributed by atoms with Crippen molar-refractivity contribution in [2.75, 3.05) is 24.6 Å². The van der Waals surface area contributed by atoms with E-state index in [4.69, 9.17) is 4.74 Å². The molecule has 3 amide bonds. The quantitative estimate of drug-likeness (QED) is 0.254. The van der Waals surface area contributed by atoms with Crippen LogP contribution in [0.5, 0.6) is 0 Å². The molecule has 0 saturated carbocycles. The largest absolute Gasteiger partial charge is 0.394 e. The number of ether oxygens (including phenoxy) is 1. The number of carbonyl (C=O) groups is 3. The Morgan fingerprint density at radius 2 is 1.70 bits per heavy atom. The highest BCUT2D eigenvalue weighted by Gasteiger charge is 2.79. The van der Waals surface area contributed by atoms with Crippen molar-refractivity contribution >= 4 is 23.4 Å². The summed E-state index contributed by atoms with van der Waals surface area (Å²) < 4.78 is 7.10. The van der Waals surface area contributed by atoms with Crippen molar-refractivity contribution in [1.29, 1.82) is 0 Å². The minimum atomic E-state index is -1.19. The molecule has 1 aromatic rings. The zero-order valence-electron chi connectivity index (χ0n) is 29.4. The van der Waals surface area contributed by atoms with Gasteiger partial charge in [0, 0.05) is 24.3 Å². The number of aliphatic hydroxyl groups excluding tert-OH is 1. The average molecular weight is 636 g/mol. The fraction of sp³-hybridized carbons (Fsp3) is 0.658. The number of carbonyl (C=O) groups excluding carboxylic acids is 3. The maximum Gasteiger partial charge on any atom is 0.249 e. The van der Waals surface area contributed by atoms with E-state index in [1.807, 2.05) is 56.0 Å². The van der Waals surface area contributed by atoms with E-state index in [0.717, 1.165) is 12.1 Å². The van der Waals surface area contributed by atoms with Crippen molar-refractivity contribution in [2.24, 2.45) is 23.2 Å². The third-order valence-corrected chi connectivity index (χ3v) is 10.4. The summed E-state index contributed by atoms with van der Waals surface area (Å²) in [6.45, 7) is 24.9. The van der Waals surface area contributed by atoms with Gasteiger partial charge in [0.05, 0.1) is 30.1 Å². The summed E-state index contributed by atoms with van der Waals surface area (Å²) in [4.78, 5) is 50.1. The number of fused-ring (bicyclic) bond motifs is 1. The highest BCUT2D eigenvalue weighted by molar-refractivity contribution is 6.03. The van der Waals surface area contributed by atoms with Crippen LogP contribution < -0.4 is 4.90 Å². The van der Waals surface area contributed by atoms with E-state index in [1.165, 1.54) is 0 Å². The predicted molar refractivity (Wildman–Crippen MR) is 183 cm³/mol. The number of benzene rings is 1. The van der Waals surface area contributed by atoms with Crippen LogP contribution in [0.25, 0.3) is 0 Å². The second-order valence-corrected chi connectivity index (χ2v) is 15.9. The molecule has 8 nitrogen and oxygen atoms in total. The molecule has 1 N–H and O–H groups in total.